The fourth-order valence-corrected chi connectivity index (χ4v) is 3.28. The normalized spacial score (nSPS) is 10.9. The van der Waals surface area contributed by atoms with E-state index in [1.165, 1.54) is 11.5 Å². The summed E-state index contributed by atoms with van der Waals surface area (Å²) in [5.41, 5.74) is 1.79. The number of para-hydroxylation sites is 1. The van der Waals surface area contributed by atoms with Crippen molar-refractivity contribution in [3.63, 3.8) is 0 Å². The molecule has 6 nitrogen and oxygen atoms in total. The Labute approximate surface area is 161 Å². The highest BCUT2D eigenvalue weighted by atomic mass is 32.1. The van der Waals surface area contributed by atoms with Crippen molar-refractivity contribution in [1.29, 1.82) is 0 Å². The molecule has 0 unspecified atom stereocenters. The van der Waals surface area contributed by atoms with E-state index in [0.29, 0.717) is 13.0 Å². The maximum atomic E-state index is 6.10. The second kappa shape index (κ2) is 8.11. The van der Waals surface area contributed by atoms with E-state index >= 15 is 0 Å². The molecule has 4 aromatic rings. The van der Waals surface area contributed by atoms with Crippen LogP contribution < -0.4 is 10.1 Å². The molecule has 27 heavy (non-hydrogen) atoms. The lowest BCUT2D eigenvalue weighted by atomic mass is 10.2. The number of hydrogen-bond donors (Lipinski definition) is 1. The van der Waals surface area contributed by atoms with Gasteiger partial charge in [-0.1, -0.05) is 18.2 Å². The Hall–Kier alpha value is -3.03. The molecule has 0 amide bonds. The van der Waals surface area contributed by atoms with Crippen molar-refractivity contribution in [3.8, 4) is 11.5 Å². The van der Waals surface area contributed by atoms with Gasteiger partial charge in [0.1, 0.15) is 17.3 Å². The van der Waals surface area contributed by atoms with Crippen LogP contribution >= 0.6 is 11.5 Å². The number of ether oxygens (including phenoxy) is 2. The van der Waals surface area contributed by atoms with Gasteiger partial charge < -0.3 is 14.8 Å². The van der Waals surface area contributed by atoms with E-state index in [1.54, 1.807) is 13.3 Å². The molecule has 0 aliphatic heterocycles. The van der Waals surface area contributed by atoms with E-state index < -0.39 is 0 Å². The number of benzene rings is 2. The minimum Gasteiger partial charge on any atom is -0.457 e. The summed E-state index contributed by atoms with van der Waals surface area (Å²) < 4.78 is 15.5. The minimum atomic E-state index is 0.611. The molecule has 0 bridgehead atoms. The Bertz CT molecular complexity index is 1050. The molecule has 0 fully saturated rings. The molecule has 0 aliphatic carbocycles. The zero-order valence-electron chi connectivity index (χ0n) is 14.8. The van der Waals surface area contributed by atoms with E-state index in [4.69, 9.17) is 9.47 Å². The number of fused-ring (bicyclic) bond motifs is 1. The highest BCUT2D eigenvalue weighted by Gasteiger charge is 2.07. The first-order chi connectivity index (χ1) is 13.3. The molecule has 2 aromatic heterocycles. The molecule has 7 heteroatoms. The van der Waals surface area contributed by atoms with Gasteiger partial charge in [-0.15, -0.1) is 0 Å². The van der Waals surface area contributed by atoms with Crippen LogP contribution in [-0.4, -0.2) is 28.1 Å². The predicted molar refractivity (Wildman–Crippen MR) is 107 cm³/mol. The van der Waals surface area contributed by atoms with E-state index in [1.807, 2.05) is 54.6 Å². The maximum absolute atomic E-state index is 6.10. The van der Waals surface area contributed by atoms with Gasteiger partial charge in [-0.3, -0.25) is 4.98 Å². The number of nitrogens with one attached hydrogen (secondary N) is 1. The number of hydrogen-bond acceptors (Lipinski definition) is 7. The summed E-state index contributed by atoms with van der Waals surface area (Å²) in [7, 11) is 1.67. The maximum Gasteiger partial charge on any atom is 0.207 e. The van der Waals surface area contributed by atoms with Gasteiger partial charge >= 0.3 is 0 Å². The summed E-state index contributed by atoms with van der Waals surface area (Å²) >= 11 is 1.33. The monoisotopic (exact) mass is 378 g/mol. The van der Waals surface area contributed by atoms with Crippen LogP contribution in [0.4, 0.5) is 10.8 Å². The van der Waals surface area contributed by atoms with E-state index in [2.05, 4.69) is 19.7 Å². The second-order valence-electron chi connectivity index (χ2n) is 5.84. The molecule has 0 atom stereocenters. The smallest absolute Gasteiger partial charge is 0.207 e. The zero-order valence-corrected chi connectivity index (χ0v) is 15.6. The minimum absolute atomic E-state index is 0.611. The first-order valence-electron chi connectivity index (χ1n) is 8.52. The summed E-state index contributed by atoms with van der Waals surface area (Å²) in [4.78, 5) is 8.83. The third kappa shape index (κ3) is 4.21. The molecular weight excluding hydrogens is 360 g/mol. The van der Waals surface area contributed by atoms with Crippen molar-refractivity contribution in [2.45, 2.75) is 6.42 Å². The average molecular weight is 378 g/mol. The van der Waals surface area contributed by atoms with Gasteiger partial charge in [0.15, 0.2) is 0 Å². The van der Waals surface area contributed by atoms with Crippen molar-refractivity contribution in [2.75, 3.05) is 19.0 Å². The lowest BCUT2D eigenvalue weighted by Crippen LogP contribution is -1.97. The fraction of sp³-hybridized carbons (Fsp3) is 0.150. The predicted octanol–water partition coefficient (Wildman–Crippen LogP) is 4.81. The Morgan fingerprint density at radius 1 is 1.07 bits per heavy atom. The van der Waals surface area contributed by atoms with Crippen molar-refractivity contribution in [3.05, 3.63) is 66.6 Å². The molecule has 0 saturated heterocycles. The summed E-state index contributed by atoms with van der Waals surface area (Å²) in [5.74, 6) is 2.29. The Kier molecular flexibility index (Phi) is 5.22. The fourth-order valence-electron chi connectivity index (χ4n) is 2.65. The van der Waals surface area contributed by atoms with Gasteiger partial charge in [0.2, 0.25) is 5.13 Å². The quantitative estimate of drug-likeness (QED) is 0.498. The van der Waals surface area contributed by atoms with Crippen LogP contribution in [0.25, 0.3) is 10.9 Å². The van der Waals surface area contributed by atoms with Gasteiger partial charge in [0.05, 0.1) is 12.1 Å². The van der Waals surface area contributed by atoms with Crippen LogP contribution in [0.5, 0.6) is 11.5 Å². The van der Waals surface area contributed by atoms with Gasteiger partial charge in [-0.2, -0.15) is 4.37 Å². The lowest BCUT2D eigenvalue weighted by Gasteiger charge is -2.10. The van der Waals surface area contributed by atoms with Crippen molar-refractivity contribution >= 4 is 33.3 Å². The first kappa shape index (κ1) is 17.4. The first-order valence-corrected chi connectivity index (χ1v) is 9.29. The number of rotatable bonds is 7. The molecule has 4 rings (SSSR count). The number of nitrogens with zero attached hydrogens (tertiary/aromatic N) is 3. The summed E-state index contributed by atoms with van der Waals surface area (Å²) in [6.07, 6.45) is 2.45. The average Bonchev–Trinajstić information content (AvgIpc) is 3.14. The molecule has 136 valence electrons. The Balaban J connectivity index is 1.51. The van der Waals surface area contributed by atoms with Gasteiger partial charge in [-0.25, -0.2) is 4.98 Å². The van der Waals surface area contributed by atoms with E-state index in [0.717, 1.165) is 39.0 Å². The molecule has 0 saturated carbocycles. The topological polar surface area (TPSA) is 69.2 Å². The molecular formula is C20H18N4O2S. The van der Waals surface area contributed by atoms with Crippen molar-refractivity contribution < 1.29 is 9.47 Å². The highest BCUT2D eigenvalue weighted by Crippen LogP contribution is 2.30. The van der Waals surface area contributed by atoms with Crippen LogP contribution in [-0.2, 0) is 11.2 Å². The molecule has 0 spiro atoms. The third-order valence-electron chi connectivity index (χ3n) is 3.92. The Morgan fingerprint density at radius 2 is 2.00 bits per heavy atom. The third-order valence-corrected chi connectivity index (χ3v) is 4.59. The molecule has 0 radical (unpaired) electrons. The highest BCUT2D eigenvalue weighted by molar-refractivity contribution is 7.09. The summed E-state index contributed by atoms with van der Waals surface area (Å²) in [5, 5.41) is 5.00. The van der Waals surface area contributed by atoms with Crippen LogP contribution in [0.2, 0.25) is 0 Å². The standard InChI is InChI=1S/C20H18N4O2S/c1-25-12-10-19-23-20(27-24-19)22-14-5-4-6-15(13-14)26-18-9-11-21-17-8-3-2-7-16(17)18/h2-9,11,13H,10,12H2,1H3,(H,22,23,24). The van der Waals surface area contributed by atoms with Crippen molar-refractivity contribution in [2.24, 2.45) is 0 Å². The second-order valence-corrected chi connectivity index (χ2v) is 6.59. The molecule has 0 aliphatic rings. The van der Waals surface area contributed by atoms with Gasteiger partial charge in [0, 0.05) is 48.4 Å². The van der Waals surface area contributed by atoms with Gasteiger partial charge in [0.25, 0.3) is 0 Å². The van der Waals surface area contributed by atoms with Crippen molar-refractivity contribution in [1.82, 2.24) is 14.3 Å². The number of aromatic nitrogens is 3. The van der Waals surface area contributed by atoms with Crippen LogP contribution in [0.3, 0.4) is 0 Å². The van der Waals surface area contributed by atoms with Crippen LogP contribution in [0, 0.1) is 0 Å². The lowest BCUT2D eigenvalue weighted by molar-refractivity contribution is 0.201. The summed E-state index contributed by atoms with van der Waals surface area (Å²) in [6, 6.07) is 17.5. The number of anilines is 2. The van der Waals surface area contributed by atoms with E-state index in [9.17, 15) is 0 Å². The van der Waals surface area contributed by atoms with E-state index in [-0.39, 0.29) is 0 Å². The number of methoxy groups -OCH3 is 1. The SMILES string of the molecule is COCCc1nsc(Nc2cccc(Oc3ccnc4ccccc34)c2)n1. The number of pyridine rings is 1. The largest absolute Gasteiger partial charge is 0.457 e. The molecule has 2 heterocycles. The Morgan fingerprint density at radius 3 is 2.93 bits per heavy atom. The zero-order chi connectivity index (χ0) is 18.5. The van der Waals surface area contributed by atoms with Crippen LogP contribution in [0.1, 0.15) is 5.82 Å². The van der Waals surface area contributed by atoms with Gasteiger partial charge in [-0.05, 0) is 30.3 Å². The molecule has 2 aromatic carbocycles. The summed E-state index contributed by atoms with van der Waals surface area (Å²) in [6.45, 7) is 0.611. The molecule has 1 N–H and O–H groups in total. The van der Waals surface area contributed by atoms with Crippen LogP contribution in [0.15, 0.2) is 60.8 Å².